The molecule has 222 valence electrons. The lowest BCUT2D eigenvalue weighted by Gasteiger charge is -2.29. The molecule has 0 saturated heterocycles. The molecular formula is C32H36N8O3. The summed E-state index contributed by atoms with van der Waals surface area (Å²) in [6, 6.07) is 11.8. The van der Waals surface area contributed by atoms with Gasteiger partial charge in [-0.05, 0) is 69.8 Å². The van der Waals surface area contributed by atoms with E-state index in [1.54, 1.807) is 20.5 Å². The third-order valence-corrected chi connectivity index (χ3v) is 7.62. The zero-order chi connectivity index (χ0) is 30.1. The highest BCUT2D eigenvalue weighted by atomic mass is 16.5. The van der Waals surface area contributed by atoms with Crippen LogP contribution in [0.15, 0.2) is 65.7 Å². The summed E-state index contributed by atoms with van der Waals surface area (Å²) in [5, 5.41) is 4.90. The van der Waals surface area contributed by atoms with Gasteiger partial charge in [-0.1, -0.05) is 25.1 Å². The van der Waals surface area contributed by atoms with Crippen LogP contribution in [0.2, 0.25) is 0 Å². The molecule has 0 radical (unpaired) electrons. The quantitative estimate of drug-likeness (QED) is 0.232. The number of H-pyrrole nitrogens is 1. The minimum Gasteiger partial charge on any atom is -0.482 e. The topological polar surface area (TPSA) is 113 Å². The first-order chi connectivity index (χ1) is 20.9. The highest BCUT2D eigenvalue weighted by molar-refractivity contribution is 5.98. The number of fused-ring (bicyclic) bond motifs is 3. The van der Waals surface area contributed by atoms with Gasteiger partial charge in [-0.15, -0.1) is 0 Å². The van der Waals surface area contributed by atoms with Gasteiger partial charge in [0.2, 0.25) is 5.95 Å². The standard InChI is InChI=1S/C32H36N8O3/c1-5-7-14-39-31(42)25-19-34-32(35-22-8-10-24-21(12-15-37(3)4)18-33-26(24)16-22)36-30(25)40(39)23-9-11-28-27(17-23)38(13-6-2)29(41)20-43-28/h5,7-11,16-19,33H,6,12-15,20H2,1-4H3,(H,34,35,36)/b7-5-. The largest absolute Gasteiger partial charge is 0.482 e. The van der Waals surface area contributed by atoms with Crippen molar-refractivity contribution >= 4 is 45.2 Å². The Bertz CT molecular complexity index is 1900. The number of amides is 1. The molecule has 1 aliphatic heterocycles. The van der Waals surface area contributed by atoms with E-state index in [0.717, 1.165) is 30.6 Å². The van der Waals surface area contributed by atoms with Gasteiger partial charge in [0.1, 0.15) is 11.1 Å². The molecule has 0 aliphatic carbocycles. The molecule has 1 amide bonds. The molecule has 11 nitrogen and oxygen atoms in total. The second kappa shape index (κ2) is 11.8. The minimum atomic E-state index is -0.201. The van der Waals surface area contributed by atoms with Crippen molar-refractivity contribution in [3.8, 4) is 11.4 Å². The van der Waals surface area contributed by atoms with Gasteiger partial charge in [-0.25, -0.2) is 14.3 Å². The summed E-state index contributed by atoms with van der Waals surface area (Å²) in [5.74, 6) is 0.914. The van der Waals surface area contributed by atoms with Crippen LogP contribution in [0, 0.1) is 0 Å². The third kappa shape index (κ3) is 5.39. The number of carbonyl (C=O) groups is 1. The number of carbonyl (C=O) groups excluding carboxylic acids is 1. The molecule has 6 rings (SSSR count). The molecule has 2 aromatic carbocycles. The lowest BCUT2D eigenvalue weighted by Crippen LogP contribution is -2.39. The summed E-state index contributed by atoms with van der Waals surface area (Å²) in [6.45, 7) is 5.85. The van der Waals surface area contributed by atoms with E-state index in [2.05, 4.69) is 46.5 Å². The van der Waals surface area contributed by atoms with Gasteiger partial charge in [-0.3, -0.25) is 9.59 Å². The fourth-order valence-corrected chi connectivity index (χ4v) is 5.46. The van der Waals surface area contributed by atoms with Gasteiger partial charge in [-0.2, -0.15) is 4.98 Å². The number of aromatic amines is 1. The highest BCUT2D eigenvalue weighted by Crippen LogP contribution is 2.35. The molecule has 0 unspecified atom stereocenters. The van der Waals surface area contributed by atoms with Gasteiger partial charge in [0, 0.05) is 42.1 Å². The predicted molar refractivity (Wildman–Crippen MR) is 170 cm³/mol. The molecule has 43 heavy (non-hydrogen) atoms. The van der Waals surface area contributed by atoms with Gasteiger partial charge >= 0.3 is 0 Å². The second-order valence-electron chi connectivity index (χ2n) is 10.9. The Morgan fingerprint density at radius 1 is 1.14 bits per heavy atom. The Morgan fingerprint density at radius 3 is 2.79 bits per heavy atom. The summed E-state index contributed by atoms with van der Waals surface area (Å²) in [7, 11) is 4.15. The number of rotatable bonds is 10. The maximum absolute atomic E-state index is 13.6. The van der Waals surface area contributed by atoms with Crippen molar-refractivity contribution < 1.29 is 9.53 Å². The number of likely N-dealkylation sites (N-methyl/N-ethyl adjacent to an activating group) is 1. The van der Waals surface area contributed by atoms with Crippen LogP contribution >= 0.6 is 0 Å². The van der Waals surface area contributed by atoms with Crippen LogP contribution < -0.4 is 20.5 Å². The summed E-state index contributed by atoms with van der Waals surface area (Å²) in [4.78, 5) is 42.8. The number of anilines is 3. The Hall–Kier alpha value is -4.90. The van der Waals surface area contributed by atoms with Crippen molar-refractivity contribution in [3.05, 3.63) is 76.9 Å². The third-order valence-electron chi connectivity index (χ3n) is 7.62. The zero-order valence-corrected chi connectivity index (χ0v) is 24.9. The van der Waals surface area contributed by atoms with E-state index >= 15 is 0 Å². The van der Waals surface area contributed by atoms with Crippen molar-refractivity contribution in [1.29, 1.82) is 0 Å². The maximum atomic E-state index is 13.6. The number of benzene rings is 2. The maximum Gasteiger partial charge on any atom is 0.278 e. The zero-order valence-electron chi connectivity index (χ0n) is 24.9. The minimum absolute atomic E-state index is 0.0126. The molecular weight excluding hydrogens is 544 g/mol. The fourth-order valence-electron chi connectivity index (χ4n) is 5.46. The van der Waals surface area contributed by atoms with E-state index in [1.807, 2.05) is 56.3 Å². The first kappa shape index (κ1) is 28.2. The van der Waals surface area contributed by atoms with E-state index < -0.39 is 0 Å². The lowest BCUT2D eigenvalue weighted by molar-refractivity contribution is -0.121. The molecule has 0 spiro atoms. The first-order valence-corrected chi connectivity index (χ1v) is 14.6. The molecule has 3 aromatic heterocycles. The first-order valence-electron chi connectivity index (χ1n) is 14.6. The van der Waals surface area contributed by atoms with E-state index in [9.17, 15) is 9.59 Å². The average molecular weight is 581 g/mol. The van der Waals surface area contributed by atoms with Crippen molar-refractivity contribution in [2.75, 3.05) is 44.0 Å². The van der Waals surface area contributed by atoms with E-state index in [0.29, 0.717) is 47.2 Å². The number of ether oxygens (including phenoxy) is 1. The molecule has 0 saturated carbocycles. The number of aromatic nitrogens is 5. The molecule has 0 atom stereocenters. The van der Waals surface area contributed by atoms with Crippen LogP contribution in [0.4, 0.5) is 17.3 Å². The molecule has 0 fully saturated rings. The number of allylic oxidation sites excluding steroid dienone is 2. The molecule has 5 aromatic rings. The Balaban J connectivity index is 1.41. The number of nitrogens with one attached hydrogen (secondary N) is 2. The van der Waals surface area contributed by atoms with Crippen molar-refractivity contribution in [2.24, 2.45) is 0 Å². The number of hydrogen-bond acceptors (Lipinski definition) is 7. The molecule has 11 heteroatoms. The summed E-state index contributed by atoms with van der Waals surface area (Å²) < 4.78 is 9.13. The van der Waals surface area contributed by atoms with Crippen molar-refractivity contribution in [1.82, 2.24) is 29.2 Å². The summed E-state index contributed by atoms with van der Waals surface area (Å²) >= 11 is 0. The predicted octanol–water partition coefficient (Wildman–Crippen LogP) is 4.62. The monoisotopic (exact) mass is 580 g/mol. The van der Waals surface area contributed by atoms with E-state index in [1.165, 1.54) is 10.9 Å². The Morgan fingerprint density at radius 2 is 2.00 bits per heavy atom. The van der Waals surface area contributed by atoms with Crippen LogP contribution in [0.3, 0.4) is 0 Å². The highest BCUT2D eigenvalue weighted by Gasteiger charge is 2.26. The van der Waals surface area contributed by atoms with Crippen molar-refractivity contribution in [2.45, 2.75) is 33.2 Å². The van der Waals surface area contributed by atoms with Crippen LogP contribution in [0.5, 0.6) is 5.75 Å². The lowest BCUT2D eigenvalue weighted by atomic mass is 10.1. The SMILES string of the molecule is C/C=C\Cn1c(=O)c2cnc(Nc3ccc4c(CCN(C)C)c[nH]c4c3)nc2n1-c1ccc2c(c1)N(CCC)C(=O)CO2. The molecule has 4 heterocycles. The average Bonchev–Trinajstić information content (AvgIpc) is 3.53. The van der Waals surface area contributed by atoms with Crippen LogP contribution in [0.25, 0.3) is 27.6 Å². The van der Waals surface area contributed by atoms with Gasteiger partial charge in [0.05, 0.1) is 17.9 Å². The van der Waals surface area contributed by atoms with Gasteiger partial charge < -0.3 is 24.8 Å². The normalized spacial score (nSPS) is 13.4. The van der Waals surface area contributed by atoms with Crippen molar-refractivity contribution in [3.63, 3.8) is 0 Å². The molecule has 2 N–H and O–H groups in total. The number of nitrogens with zero attached hydrogens (tertiary/aromatic N) is 6. The Kier molecular flexibility index (Phi) is 7.73. The van der Waals surface area contributed by atoms with Crippen LogP contribution in [0.1, 0.15) is 25.8 Å². The second-order valence-corrected chi connectivity index (χ2v) is 10.9. The summed E-state index contributed by atoms with van der Waals surface area (Å²) in [6.07, 6.45) is 9.21. The van der Waals surface area contributed by atoms with E-state index in [4.69, 9.17) is 9.72 Å². The van der Waals surface area contributed by atoms with E-state index in [-0.39, 0.29) is 18.1 Å². The smallest absolute Gasteiger partial charge is 0.278 e. The van der Waals surface area contributed by atoms with Crippen LogP contribution in [-0.2, 0) is 17.8 Å². The van der Waals surface area contributed by atoms with Crippen LogP contribution in [-0.4, -0.2) is 68.9 Å². The fraction of sp³-hybridized carbons (Fsp3) is 0.312. The van der Waals surface area contributed by atoms with Gasteiger partial charge in [0.15, 0.2) is 12.3 Å². The number of hydrogen-bond donors (Lipinski definition) is 2. The summed E-state index contributed by atoms with van der Waals surface area (Å²) in [5.41, 5.74) is 4.76. The molecule has 1 aliphatic rings. The van der Waals surface area contributed by atoms with Gasteiger partial charge in [0.25, 0.3) is 11.5 Å². The molecule has 0 bridgehead atoms. The Labute approximate surface area is 249 Å².